The van der Waals surface area contributed by atoms with Gasteiger partial charge in [0.25, 0.3) is 5.91 Å². The summed E-state index contributed by atoms with van der Waals surface area (Å²) < 4.78 is 1.89. The van der Waals surface area contributed by atoms with Gasteiger partial charge in [-0.1, -0.05) is 19.1 Å². The summed E-state index contributed by atoms with van der Waals surface area (Å²) in [7, 11) is 3.44. The van der Waals surface area contributed by atoms with E-state index in [0.717, 1.165) is 45.2 Å². The number of hydrogen-bond donors (Lipinski definition) is 0. The summed E-state index contributed by atoms with van der Waals surface area (Å²) in [5, 5.41) is 8.30. The molecule has 1 aliphatic carbocycles. The quantitative estimate of drug-likeness (QED) is 0.807. The van der Waals surface area contributed by atoms with E-state index in [-0.39, 0.29) is 17.2 Å². The lowest BCUT2D eigenvalue weighted by molar-refractivity contribution is -0.140. The van der Waals surface area contributed by atoms with E-state index in [9.17, 15) is 9.59 Å². The fraction of sp³-hybridized carbons (Fsp3) is 0.789. The Balaban J connectivity index is 1.64. The smallest absolute Gasteiger partial charge is 0.275 e. The van der Waals surface area contributed by atoms with Crippen LogP contribution in [0.2, 0.25) is 0 Å². The maximum atomic E-state index is 12.6. The van der Waals surface area contributed by atoms with Crippen molar-refractivity contribution in [3.63, 3.8) is 0 Å². The minimum Gasteiger partial charge on any atom is -0.343 e. The highest BCUT2D eigenvalue weighted by Crippen LogP contribution is 2.56. The zero-order valence-electron chi connectivity index (χ0n) is 16.4. The minimum absolute atomic E-state index is 0.116. The van der Waals surface area contributed by atoms with Gasteiger partial charge in [0.1, 0.15) is 0 Å². The molecule has 1 saturated heterocycles. The van der Waals surface area contributed by atoms with Crippen LogP contribution in [0.15, 0.2) is 6.20 Å². The summed E-state index contributed by atoms with van der Waals surface area (Å²) in [6.45, 7) is 5.86. The summed E-state index contributed by atoms with van der Waals surface area (Å²) in [5.41, 5.74) is 0.606. The Hall–Kier alpha value is -1.92. The molecule has 3 rings (SSSR count). The third kappa shape index (κ3) is 3.23. The highest BCUT2D eigenvalue weighted by atomic mass is 16.2. The van der Waals surface area contributed by atoms with Crippen molar-refractivity contribution in [3.05, 3.63) is 11.9 Å². The van der Waals surface area contributed by atoms with E-state index in [4.69, 9.17) is 0 Å². The first kappa shape index (κ1) is 18.9. The lowest BCUT2D eigenvalue weighted by Gasteiger charge is -2.53. The van der Waals surface area contributed by atoms with Gasteiger partial charge in [0.15, 0.2) is 5.69 Å². The average molecular weight is 361 g/mol. The van der Waals surface area contributed by atoms with Gasteiger partial charge in [-0.25, -0.2) is 4.68 Å². The van der Waals surface area contributed by atoms with Crippen LogP contribution >= 0.6 is 0 Å². The Morgan fingerprint density at radius 2 is 1.88 bits per heavy atom. The van der Waals surface area contributed by atoms with Gasteiger partial charge in [0, 0.05) is 33.1 Å². The molecule has 0 aromatic carbocycles. The molecule has 1 saturated carbocycles. The second-order valence-electron chi connectivity index (χ2n) is 8.04. The van der Waals surface area contributed by atoms with Gasteiger partial charge < -0.3 is 9.80 Å². The van der Waals surface area contributed by atoms with Crippen LogP contribution in [0.25, 0.3) is 0 Å². The molecule has 1 aromatic rings. The lowest BCUT2D eigenvalue weighted by atomic mass is 9.59. The molecule has 1 aliphatic heterocycles. The Kier molecular flexibility index (Phi) is 5.34. The van der Waals surface area contributed by atoms with Crippen LogP contribution in [-0.4, -0.2) is 63.8 Å². The number of aromatic nitrogens is 3. The molecule has 1 aromatic heterocycles. The number of likely N-dealkylation sites (tertiary alicyclic amines) is 1. The van der Waals surface area contributed by atoms with E-state index >= 15 is 0 Å². The second kappa shape index (κ2) is 7.37. The molecule has 1 atom stereocenters. The summed E-state index contributed by atoms with van der Waals surface area (Å²) in [6, 6.07) is 0.295. The monoisotopic (exact) mass is 361 g/mol. The SMILES string of the molecule is CCC(CC)C(=O)N1CCC2(CCC2n2cc(C(=O)N(C)C)nn2)CC1. The molecule has 0 N–H and O–H groups in total. The molecule has 0 radical (unpaired) electrons. The molecular formula is C19H31N5O2. The summed E-state index contributed by atoms with van der Waals surface area (Å²) in [6.07, 6.45) is 7.89. The van der Waals surface area contributed by atoms with Crippen LogP contribution in [-0.2, 0) is 4.79 Å². The second-order valence-corrected chi connectivity index (χ2v) is 8.04. The van der Waals surface area contributed by atoms with Crippen molar-refractivity contribution in [1.82, 2.24) is 24.8 Å². The number of carbonyl (C=O) groups is 2. The van der Waals surface area contributed by atoms with Crippen LogP contribution in [0.4, 0.5) is 0 Å². The average Bonchev–Trinajstić information content (AvgIpc) is 3.10. The molecule has 2 heterocycles. The fourth-order valence-corrected chi connectivity index (χ4v) is 4.50. The van der Waals surface area contributed by atoms with E-state index in [1.54, 1.807) is 20.3 Å². The topological polar surface area (TPSA) is 71.3 Å². The summed E-state index contributed by atoms with van der Waals surface area (Å²) in [4.78, 5) is 28.3. The first-order valence-electron chi connectivity index (χ1n) is 9.84. The molecule has 2 amide bonds. The summed E-state index contributed by atoms with van der Waals surface area (Å²) >= 11 is 0. The minimum atomic E-state index is -0.116. The number of rotatable bonds is 5. The molecule has 7 heteroatoms. The van der Waals surface area contributed by atoms with Gasteiger partial charge in [-0.15, -0.1) is 5.10 Å². The number of nitrogens with zero attached hydrogens (tertiary/aromatic N) is 5. The molecule has 1 unspecified atom stereocenters. The maximum Gasteiger partial charge on any atom is 0.275 e. The Labute approximate surface area is 155 Å². The van der Waals surface area contributed by atoms with Crippen molar-refractivity contribution in [2.24, 2.45) is 11.3 Å². The number of amides is 2. The van der Waals surface area contributed by atoms with E-state index in [0.29, 0.717) is 17.6 Å². The first-order chi connectivity index (χ1) is 12.4. The van der Waals surface area contributed by atoms with E-state index < -0.39 is 0 Å². The third-order valence-corrected chi connectivity index (χ3v) is 6.48. The normalized spacial score (nSPS) is 21.7. The molecule has 7 nitrogen and oxygen atoms in total. The first-order valence-corrected chi connectivity index (χ1v) is 9.84. The number of hydrogen-bond acceptors (Lipinski definition) is 4. The van der Waals surface area contributed by atoms with Gasteiger partial charge in [-0.3, -0.25) is 9.59 Å². The van der Waals surface area contributed by atoms with Gasteiger partial charge >= 0.3 is 0 Å². The van der Waals surface area contributed by atoms with Gasteiger partial charge in [0.05, 0.1) is 12.2 Å². The summed E-state index contributed by atoms with van der Waals surface area (Å²) in [5.74, 6) is 0.367. The molecular weight excluding hydrogens is 330 g/mol. The fourth-order valence-electron chi connectivity index (χ4n) is 4.50. The highest BCUT2D eigenvalue weighted by Gasteiger charge is 2.50. The van der Waals surface area contributed by atoms with E-state index in [2.05, 4.69) is 29.1 Å². The van der Waals surface area contributed by atoms with Crippen LogP contribution < -0.4 is 0 Å². The number of carbonyl (C=O) groups excluding carboxylic acids is 2. The molecule has 1 spiro atoms. The van der Waals surface area contributed by atoms with Crippen molar-refractivity contribution in [3.8, 4) is 0 Å². The van der Waals surface area contributed by atoms with Crippen LogP contribution in [0.1, 0.15) is 68.9 Å². The molecule has 26 heavy (non-hydrogen) atoms. The molecule has 2 fully saturated rings. The van der Waals surface area contributed by atoms with Crippen molar-refractivity contribution in [2.75, 3.05) is 27.2 Å². The van der Waals surface area contributed by atoms with E-state index in [1.807, 2.05) is 4.68 Å². The largest absolute Gasteiger partial charge is 0.343 e. The van der Waals surface area contributed by atoms with Gasteiger partial charge in [-0.2, -0.15) is 0 Å². The van der Waals surface area contributed by atoms with Crippen molar-refractivity contribution >= 4 is 11.8 Å². The van der Waals surface area contributed by atoms with Gasteiger partial charge in [-0.05, 0) is 43.9 Å². The van der Waals surface area contributed by atoms with Crippen molar-refractivity contribution < 1.29 is 9.59 Å². The zero-order valence-corrected chi connectivity index (χ0v) is 16.4. The van der Waals surface area contributed by atoms with Crippen LogP contribution in [0.3, 0.4) is 0 Å². The Morgan fingerprint density at radius 3 is 2.38 bits per heavy atom. The van der Waals surface area contributed by atoms with E-state index in [1.165, 1.54) is 11.3 Å². The Morgan fingerprint density at radius 1 is 1.23 bits per heavy atom. The van der Waals surface area contributed by atoms with Crippen LogP contribution in [0.5, 0.6) is 0 Å². The maximum absolute atomic E-state index is 12.6. The van der Waals surface area contributed by atoms with Crippen molar-refractivity contribution in [2.45, 2.75) is 58.4 Å². The predicted octanol–water partition coefficient (Wildman–Crippen LogP) is 2.36. The lowest BCUT2D eigenvalue weighted by Crippen LogP contribution is -2.52. The third-order valence-electron chi connectivity index (χ3n) is 6.48. The molecule has 144 valence electrons. The van der Waals surface area contributed by atoms with Crippen molar-refractivity contribution in [1.29, 1.82) is 0 Å². The standard InChI is InChI=1S/C19H31N5O2/c1-5-14(6-2)17(25)23-11-9-19(10-12-23)8-7-16(19)24-13-15(20-21-24)18(26)22(3)4/h13-14,16H,5-12H2,1-4H3. The zero-order chi connectivity index (χ0) is 18.9. The predicted molar refractivity (Wildman–Crippen MR) is 98.6 cm³/mol. The molecule has 2 aliphatic rings. The van der Waals surface area contributed by atoms with Crippen LogP contribution in [0, 0.1) is 11.3 Å². The Bertz CT molecular complexity index is 657. The molecule has 0 bridgehead atoms. The van der Waals surface area contributed by atoms with Gasteiger partial charge in [0.2, 0.25) is 5.91 Å². The highest BCUT2D eigenvalue weighted by molar-refractivity contribution is 5.91. The number of piperidine rings is 1.